The number of rotatable bonds is 6. The summed E-state index contributed by atoms with van der Waals surface area (Å²) in [7, 11) is 0. The number of carbonyl (C=O) groups excluding carboxylic acids is 2. The van der Waals surface area contributed by atoms with Crippen LogP contribution in [-0.4, -0.2) is 41.3 Å². The highest BCUT2D eigenvalue weighted by Gasteiger charge is 2.17. The second kappa shape index (κ2) is 8.91. The molecule has 3 rings (SSSR count). The summed E-state index contributed by atoms with van der Waals surface area (Å²) < 4.78 is 0. The van der Waals surface area contributed by atoms with Crippen LogP contribution in [0.5, 0.6) is 0 Å². The van der Waals surface area contributed by atoms with E-state index in [4.69, 9.17) is 0 Å². The quantitative estimate of drug-likeness (QED) is 0.818. The van der Waals surface area contributed by atoms with Crippen LogP contribution in [0, 0.1) is 5.92 Å². The van der Waals surface area contributed by atoms with Gasteiger partial charge in [0, 0.05) is 24.0 Å². The summed E-state index contributed by atoms with van der Waals surface area (Å²) in [4.78, 5) is 30.9. The molecule has 2 amide bonds. The van der Waals surface area contributed by atoms with Gasteiger partial charge in [-0.1, -0.05) is 25.1 Å². The first-order chi connectivity index (χ1) is 12.6. The second-order valence-corrected chi connectivity index (χ2v) is 7.58. The van der Waals surface area contributed by atoms with E-state index >= 15 is 0 Å². The third kappa shape index (κ3) is 5.37. The largest absolute Gasteiger partial charge is 0.343 e. The monoisotopic (exact) mass is 372 g/mol. The van der Waals surface area contributed by atoms with Gasteiger partial charge in [-0.2, -0.15) is 0 Å². The molecule has 1 saturated heterocycles. The summed E-state index contributed by atoms with van der Waals surface area (Å²) in [5.74, 6) is 0.191. The molecule has 1 fully saturated rings. The lowest BCUT2D eigenvalue weighted by molar-refractivity contribution is -0.115. The Balaban J connectivity index is 1.44. The van der Waals surface area contributed by atoms with Gasteiger partial charge in [0.15, 0.2) is 5.13 Å². The SMILES string of the molecule is C[C@H]1CCCN(Cc2csc(NC(=O)CNC(=O)c3ccccc3)n2)C1. The van der Waals surface area contributed by atoms with E-state index in [1.54, 1.807) is 24.3 Å². The molecular weight excluding hydrogens is 348 g/mol. The molecule has 0 aliphatic carbocycles. The van der Waals surface area contributed by atoms with E-state index in [-0.39, 0.29) is 18.4 Å². The molecule has 0 radical (unpaired) electrons. The fraction of sp³-hybridized carbons (Fsp3) is 0.421. The van der Waals surface area contributed by atoms with Crippen LogP contribution in [0.15, 0.2) is 35.7 Å². The van der Waals surface area contributed by atoms with Gasteiger partial charge < -0.3 is 10.6 Å². The van der Waals surface area contributed by atoms with Crippen LogP contribution in [0.1, 0.15) is 35.8 Å². The number of hydrogen-bond donors (Lipinski definition) is 2. The Labute approximate surface area is 157 Å². The van der Waals surface area contributed by atoms with Crippen molar-refractivity contribution in [1.29, 1.82) is 0 Å². The van der Waals surface area contributed by atoms with Crippen molar-refractivity contribution in [2.45, 2.75) is 26.3 Å². The van der Waals surface area contributed by atoms with Gasteiger partial charge in [-0.05, 0) is 37.4 Å². The first-order valence-corrected chi connectivity index (χ1v) is 9.78. The number of nitrogens with zero attached hydrogens (tertiary/aromatic N) is 2. The van der Waals surface area contributed by atoms with Gasteiger partial charge in [0.1, 0.15) is 0 Å². The van der Waals surface area contributed by atoms with E-state index in [0.717, 1.165) is 31.2 Å². The molecule has 26 heavy (non-hydrogen) atoms. The Morgan fingerprint density at radius 2 is 2.12 bits per heavy atom. The minimum absolute atomic E-state index is 0.0771. The Morgan fingerprint density at radius 3 is 2.88 bits per heavy atom. The summed E-state index contributed by atoms with van der Waals surface area (Å²) in [6.07, 6.45) is 2.53. The smallest absolute Gasteiger partial charge is 0.251 e. The minimum atomic E-state index is -0.276. The van der Waals surface area contributed by atoms with Gasteiger partial charge in [-0.15, -0.1) is 11.3 Å². The zero-order chi connectivity index (χ0) is 18.4. The lowest BCUT2D eigenvalue weighted by Crippen LogP contribution is -2.34. The first kappa shape index (κ1) is 18.5. The third-order valence-corrected chi connectivity index (χ3v) is 5.18. The average Bonchev–Trinajstić information content (AvgIpc) is 3.07. The Bertz CT molecular complexity index is 747. The Kier molecular flexibility index (Phi) is 6.35. The number of carbonyl (C=O) groups is 2. The summed E-state index contributed by atoms with van der Waals surface area (Å²) in [5.41, 5.74) is 1.51. The van der Waals surface area contributed by atoms with Crippen molar-refractivity contribution >= 4 is 28.3 Å². The highest BCUT2D eigenvalue weighted by molar-refractivity contribution is 7.13. The second-order valence-electron chi connectivity index (χ2n) is 6.72. The zero-order valence-corrected chi connectivity index (χ0v) is 15.7. The van der Waals surface area contributed by atoms with Crippen molar-refractivity contribution in [2.75, 3.05) is 25.0 Å². The summed E-state index contributed by atoms with van der Waals surface area (Å²) in [6.45, 7) is 5.23. The van der Waals surface area contributed by atoms with Crippen LogP contribution in [0.25, 0.3) is 0 Å². The molecule has 1 aromatic carbocycles. The van der Waals surface area contributed by atoms with Crippen molar-refractivity contribution < 1.29 is 9.59 Å². The van der Waals surface area contributed by atoms with Crippen molar-refractivity contribution in [3.05, 3.63) is 47.0 Å². The van der Waals surface area contributed by atoms with E-state index in [0.29, 0.717) is 10.7 Å². The van der Waals surface area contributed by atoms with Gasteiger partial charge in [-0.3, -0.25) is 14.5 Å². The molecular formula is C19H24N4O2S. The lowest BCUT2D eigenvalue weighted by Gasteiger charge is -2.30. The molecule has 0 spiro atoms. The van der Waals surface area contributed by atoms with E-state index < -0.39 is 0 Å². The molecule has 1 aliphatic heterocycles. The van der Waals surface area contributed by atoms with Crippen LogP contribution in [0.3, 0.4) is 0 Å². The molecule has 2 heterocycles. The molecule has 138 valence electrons. The molecule has 1 aromatic heterocycles. The molecule has 6 nitrogen and oxygen atoms in total. The van der Waals surface area contributed by atoms with Crippen LogP contribution < -0.4 is 10.6 Å². The maximum atomic E-state index is 12.0. The number of piperidine rings is 1. The maximum Gasteiger partial charge on any atom is 0.251 e. The van der Waals surface area contributed by atoms with Crippen LogP contribution in [0.2, 0.25) is 0 Å². The Morgan fingerprint density at radius 1 is 1.31 bits per heavy atom. The van der Waals surface area contributed by atoms with Crippen LogP contribution in [-0.2, 0) is 11.3 Å². The van der Waals surface area contributed by atoms with Crippen molar-refractivity contribution in [3.8, 4) is 0 Å². The predicted octanol–water partition coefficient (Wildman–Crippen LogP) is 2.74. The number of nitrogens with one attached hydrogen (secondary N) is 2. The third-order valence-electron chi connectivity index (χ3n) is 4.37. The summed E-state index contributed by atoms with van der Waals surface area (Å²) in [6, 6.07) is 8.84. The summed E-state index contributed by atoms with van der Waals surface area (Å²) >= 11 is 1.42. The normalized spacial score (nSPS) is 17.7. The highest BCUT2D eigenvalue weighted by atomic mass is 32.1. The Hall–Kier alpha value is -2.25. The molecule has 1 aliphatic rings. The number of amides is 2. The molecule has 1 atom stereocenters. The fourth-order valence-corrected chi connectivity index (χ4v) is 3.83. The lowest BCUT2D eigenvalue weighted by atomic mass is 10.0. The molecule has 2 aromatic rings. The fourth-order valence-electron chi connectivity index (χ4n) is 3.11. The molecule has 2 N–H and O–H groups in total. The standard InChI is InChI=1S/C19H24N4O2S/c1-14-6-5-9-23(11-14)12-16-13-26-19(21-16)22-17(24)10-20-18(25)15-7-3-2-4-8-15/h2-4,7-8,13-14H,5-6,9-12H2,1H3,(H,20,25)(H,21,22,24)/t14-/m0/s1. The van der Waals surface area contributed by atoms with E-state index in [1.165, 1.54) is 24.2 Å². The van der Waals surface area contributed by atoms with Gasteiger partial charge in [0.05, 0.1) is 12.2 Å². The zero-order valence-electron chi connectivity index (χ0n) is 14.9. The highest BCUT2D eigenvalue weighted by Crippen LogP contribution is 2.20. The molecule has 0 unspecified atom stereocenters. The molecule has 0 bridgehead atoms. The van der Waals surface area contributed by atoms with E-state index in [1.807, 2.05) is 11.4 Å². The number of benzene rings is 1. The van der Waals surface area contributed by atoms with Crippen LogP contribution in [0.4, 0.5) is 5.13 Å². The molecule has 7 heteroatoms. The summed E-state index contributed by atoms with van der Waals surface area (Å²) in [5, 5.41) is 7.92. The first-order valence-electron chi connectivity index (χ1n) is 8.90. The average molecular weight is 372 g/mol. The number of anilines is 1. The van der Waals surface area contributed by atoms with Gasteiger partial charge in [0.2, 0.25) is 5.91 Å². The number of likely N-dealkylation sites (tertiary alicyclic amines) is 1. The topological polar surface area (TPSA) is 74.3 Å². The number of thiazole rings is 1. The molecule has 0 saturated carbocycles. The maximum absolute atomic E-state index is 12.0. The van der Waals surface area contributed by atoms with Crippen molar-refractivity contribution in [1.82, 2.24) is 15.2 Å². The van der Waals surface area contributed by atoms with Gasteiger partial charge in [-0.25, -0.2) is 4.98 Å². The van der Waals surface area contributed by atoms with Crippen LogP contribution >= 0.6 is 11.3 Å². The van der Waals surface area contributed by atoms with E-state index in [2.05, 4.69) is 27.4 Å². The minimum Gasteiger partial charge on any atom is -0.343 e. The number of hydrogen-bond acceptors (Lipinski definition) is 5. The number of aromatic nitrogens is 1. The predicted molar refractivity (Wildman–Crippen MR) is 103 cm³/mol. The van der Waals surface area contributed by atoms with Crippen molar-refractivity contribution in [3.63, 3.8) is 0 Å². The van der Waals surface area contributed by atoms with Gasteiger partial charge >= 0.3 is 0 Å². The van der Waals surface area contributed by atoms with E-state index in [9.17, 15) is 9.59 Å². The van der Waals surface area contributed by atoms with Crippen molar-refractivity contribution in [2.24, 2.45) is 5.92 Å². The van der Waals surface area contributed by atoms with Gasteiger partial charge in [0.25, 0.3) is 5.91 Å².